The van der Waals surface area contributed by atoms with E-state index in [9.17, 15) is 9.59 Å². The molecule has 2 heterocycles. The van der Waals surface area contributed by atoms with Crippen LogP contribution < -0.4 is 16.6 Å². The van der Waals surface area contributed by atoms with Gasteiger partial charge < -0.3 is 11.1 Å². The molecule has 2 aliphatic rings. The van der Waals surface area contributed by atoms with E-state index in [2.05, 4.69) is 32.3 Å². The average Bonchev–Trinajstić information content (AvgIpc) is 3.05. The van der Waals surface area contributed by atoms with Crippen LogP contribution in [0, 0.1) is 0 Å². The fourth-order valence-corrected chi connectivity index (χ4v) is 4.11. The maximum atomic E-state index is 12.8. The van der Waals surface area contributed by atoms with Gasteiger partial charge >= 0.3 is 0 Å². The van der Waals surface area contributed by atoms with Gasteiger partial charge in [-0.05, 0) is 37.8 Å². The van der Waals surface area contributed by atoms with Gasteiger partial charge in [-0.3, -0.25) is 19.5 Å². The Bertz CT molecular complexity index is 860. The molecule has 142 valence electrons. The predicted molar refractivity (Wildman–Crippen MR) is 103 cm³/mol. The van der Waals surface area contributed by atoms with Crippen molar-refractivity contribution < 1.29 is 4.79 Å². The van der Waals surface area contributed by atoms with Gasteiger partial charge in [-0.25, -0.2) is 4.98 Å². The monoisotopic (exact) mass is 367 g/mol. The summed E-state index contributed by atoms with van der Waals surface area (Å²) >= 11 is 0. The molecule has 2 fully saturated rings. The highest BCUT2D eigenvalue weighted by Crippen LogP contribution is 2.35. The Morgan fingerprint density at radius 2 is 2.07 bits per heavy atom. The zero-order valence-electron chi connectivity index (χ0n) is 15.2. The largest absolute Gasteiger partial charge is 0.369 e. The molecule has 0 radical (unpaired) electrons. The fraction of sp³-hybridized carbons (Fsp3) is 0.450. The first kappa shape index (κ1) is 17.7. The number of H-pyrrole nitrogens is 1. The van der Waals surface area contributed by atoms with E-state index >= 15 is 0 Å². The summed E-state index contributed by atoms with van der Waals surface area (Å²) in [6, 6.07) is 11.9. The van der Waals surface area contributed by atoms with Crippen LogP contribution in [0.4, 0.5) is 5.95 Å². The highest BCUT2D eigenvalue weighted by molar-refractivity contribution is 5.82. The molecule has 27 heavy (non-hydrogen) atoms. The van der Waals surface area contributed by atoms with Crippen molar-refractivity contribution in [3.05, 3.63) is 58.0 Å². The number of aromatic amines is 1. The van der Waals surface area contributed by atoms with Gasteiger partial charge in [-0.15, -0.1) is 0 Å². The molecule has 4 rings (SSSR count). The summed E-state index contributed by atoms with van der Waals surface area (Å²) in [7, 11) is 0. The predicted octanol–water partition coefficient (Wildman–Crippen LogP) is 1.38. The van der Waals surface area contributed by atoms with Crippen molar-refractivity contribution in [3.63, 3.8) is 0 Å². The highest BCUT2D eigenvalue weighted by Gasteiger charge is 2.36. The summed E-state index contributed by atoms with van der Waals surface area (Å²) in [6.07, 6.45) is 3.55. The second-order valence-electron chi connectivity index (χ2n) is 7.54. The second-order valence-corrected chi connectivity index (χ2v) is 7.54. The Morgan fingerprint density at radius 3 is 2.81 bits per heavy atom. The van der Waals surface area contributed by atoms with E-state index in [4.69, 9.17) is 5.73 Å². The zero-order valence-corrected chi connectivity index (χ0v) is 15.2. The molecule has 1 aromatic carbocycles. The maximum absolute atomic E-state index is 12.8. The van der Waals surface area contributed by atoms with E-state index in [-0.39, 0.29) is 35.4 Å². The zero-order chi connectivity index (χ0) is 18.8. The molecule has 7 nitrogen and oxygen atoms in total. The Balaban J connectivity index is 1.31. The standard InChI is InChI=1S/C20H25N5O2/c21-20-23-16(11-18(26)24-20)14-9-15(10-14)22-19(27)17-7-4-8-25(17)12-13-5-2-1-3-6-13/h1-3,5-6,11,14-15,17H,4,7-10,12H2,(H,22,27)(H3,21,23,24,26)/t14?,15?,17-/m0/s1. The molecule has 7 heteroatoms. The first-order valence-electron chi connectivity index (χ1n) is 9.53. The fourth-order valence-electron chi connectivity index (χ4n) is 4.11. The molecule has 1 aliphatic carbocycles. The van der Waals surface area contributed by atoms with E-state index in [0.717, 1.165) is 38.8 Å². The number of carbonyl (C=O) groups is 1. The van der Waals surface area contributed by atoms with E-state index in [1.54, 1.807) is 0 Å². The lowest BCUT2D eigenvalue weighted by atomic mass is 9.78. The van der Waals surface area contributed by atoms with E-state index in [1.807, 2.05) is 18.2 Å². The lowest BCUT2D eigenvalue weighted by Gasteiger charge is -2.36. The molecule has 1 aliphatic heterocycles. The molecule has 4 N–H and O–H groups in total. The van der Waals surface area contributed by atoms with Crippen LogP contribution in [-0.2, 0) is 11.3 Å². The third-order valence-corrected chi connectivity index (χ3v) is 5.58. The van der Waals surface area contributed by atoms with Gasteiger partial charge in [0.2, 0.25) is 11.9 Å². The number of nitrogens with zero attached hydrogens (tertiary/aromatic N) is 2. The molecular weight excluding hydrogens is 342 g/mol. The van der Waals surface area contributed by atoms with Gasteiger partial charge in [0.05, 0.1) is 11.7 Å². The van der Waals surface area contributed by atoms with Crippen molar-refractivity contribution in [1.82, 2.24) is 20.2 Å². The third kappa shape index (κ3) is 4.03. The summed E-state index contributed by atoms with van der Waals surface area (Å²) in [5.74, 6) is 0.446. The molecule has 1 saturated carbocycles. The van der Waals surface area contributed by atoms with Crippen LogP contribution in [0.15, 0.2) is 41.2 Å². The molecule has 1 atom stereocenters. The Hall–Kier alpha value is -2.67. The van der Waals surface area contributed by atoms with Crippen molar-refractivity contribution in [3.8, 4) is 0 Å². The molecule has 2 aromatic rings. The number of aromatic nitrogens is 2. The highest BCUT2D eigenvalue weighted by atomic mass is 16.2. The van der Waals surface area contributed by atoms with Gasteiger partial charge in [0.25, 0.3) is 5.56 Å². The molecule has 0 bridgehead atoms. The lowest BCUT2D eigenvalue weighted by Crippen LogP contribution is -2.50. The van der Waals surface area contributed by atoms with Gasteiger partial charge in [0, 0.05) is 24.6 Å². The molecular formula is C20H25N5O2. The van der Waals surface area contributed by atoms with Crippen molar-refractivity contribution in [1.29, 1.82) is 0 Å². The number of nitrogens with one attached hydrogen (secondary N) is 2. The van der Waals surface area contributed by atoms with Crippen LogP contribution in [0.3, 0.4) is 0 Å². The first-order chi connectivity index (χ1) is 13.1. The Morgan fingerprint density at radius 1 is 1.30 bits per heavy atom. The van der Waals surface area contributed by atoms with Crippen molar-refractivity contribution in [2.45, 2.75) is 50.2 Å². The van der Waals surface area contributed by atoms with Crippen LogP contribution >= 0.6 is 0 Å². The summed E-state index contributed by atoms with van der Waals surface area (Å²) < 4.78 is 0. The van der Waals surface area contributed by atoms with E-state index in [1.165, 1.54) is 11.6 Å². The molecule has 1 amide bonds. The van der Waals surface area contributed by atoms with Crippen molar-refractivity contribution in [2.75, 3.05) is 12.3 Å². The number of carbonyl (C=O) groups excluding carboxylic acids is 1. The van der Waals surface area contributed by atoms with Gasteiger partial charge in [-0.1, -0.05) is 30.3 Å². The SMILES string of the molecule is Nc1nc(C2CC(NC(=O)[C@@H]3CCCN3Cc3ccccc3)C2)cc(=O)[nH]1. The van der Waals surface area contributed by atoms with Crippen LogP contribution in [0.2, 0.25) is 0 Å². The summed E-state index contributed by atoms with van der Waals surface area (Å²) in [6.45, 7) is 1.76. The number of amides is 1. The number of nitrogen functional groups attached to an aromatic ring is 1. The third-order valence-electron chi connectivity index (χ3n) is 5.58. The minimum absolute atomic E-state index is 0.0578. The lowest BCUT2D eigenvalue weighted by molar-refractivity contribution is -0.127. The van der Waals surface area contributed by atoms with Crippen LogP contribution in [0.1, 0.15) is 42.9 Å². The van der Waals surface area contributed by atoms with Crippen molar-refractivity contribution in [2.24, 2.45) is 0 Å². The Kier molecular flexibility index (Phi) is 4.94. The number of rotatable bonds is 5. The number of nitrogens with two attached hydrogens (primary N) is 1. The second kappa shape index (κ2) is 7.52. The van der Waals surface area contributed by atoms with Gasteiger partial charge in [-0.2, -0.15) is 0 Å². The number of hydrogen-bond donors (Lipinski definition) is 3. The quantitative estimate of drug-likeness (QED) is 0.741. The normalized spacial score (nSPS) is 25.1. The number of hydrogen-bond acceptors (Lipinski definition) is 5. The first-order valence-corrected chi connectivity index (χ1v) is 9.53. The summed E-state index contributed by atoms with van der Waals surface area (Å²) in [5.41, 5.74) is 7.33. The minimum Gasteiger partial charge on any atom is -0.369 e. The number of likely N-dealkylation sites (tertiary alicyclic amines) is 1. The van der Waals surface area contributed by atoms with Crippen LogP contribution in [-0.4, -0.2) is 39.4 Å². The van der Waals surface area contributed by atoms with Crippen LogP contribution in [0.5, 0.6) is 0 Å². The summed E-state index contributed by atoms with van der Waals surface area (Å²) in [4.78, 5) is 33.2. The number of anilines is 1. The van der Waals surface area contributed by atoms with E-state index < -0.39 is 0 Å². The smallest absolute Gasteiger partial charge is 0.252 e. The summed E-state index contributed by atoms with van der Waals surface area (Å²) in [5, 5.41) is 3.18. The topological polar surface area (TPSA) is 104 Å². The Labute approximate surface area is 158 Å². The molecule has 1 aromatic heterocycles. The van der Waals surface area contributed by atoms with E-state index in [0.29, 0.717) is 5.69 Å². The molecule has 0 unspecified atom stereocenters. The van der Waals surface area contributed by atoms with Gasteiger partial charge in [0.1, 0.15) is 0 Å². The average molecular weight is 367 g/mol. The van der Waals surface area contributed by atoms with Crippen LogP contribution in [0.25, 0.3) is 0 Å². The van der Waals surface area contributed by atoms with Gasteiger partial charge in [0.15, 0.2) is 0 Å². The van der Waals surface area contributed by atoms with Crippen molar-refractivity contribution >= 4 is 11.9 Å². The molecule has 1 saturated heterocycles. The number of benzene rings is 1. The minimum atomic E-state index is -0.229. The maximum Gasteiger partial charge on any atom is 0.252 e. The molecule has 0 spiro atoms.